The van der Waals surface area contributed by atoms with Crippen LogP contribution in [0.3, 0.4) is 0 Å². The van der Waals surface area contributed by atoms with Crippen LogP contribution in [0.4, 0.5) is 0 Å². The number of rotatable bonds is 4. The van der Waals surface area contributed by atoms with Crippen molar-refractivity contribution >= 4 is 11.8 Å². The van der Waals surface area contributed by atoms with E-state index in [0.29, 0.717) is 5.25 Å². The number of likely N-dealkylation sites (N-methyl/N-ethyl adjacent to an activating group) is 1. The first-order valence-electron chi connectivity index (χ1n) is 7.17. The Morgan fingerprint density at radius 1 is 1.42 bits per heavy atom. The van der Waals surface area contributed by atoms with Gasteiger partial charge in [-0.1, -0.05) is 31.2 Å². The number of thioether (sulfide) groups is 1. The van der Waals surface area contributed by atoms with Gasteiger partial charge in [0.05, 0.1) is 0 Å². The molecule has 106 valence electrons. The topological polar surface area (TPSA) is 29.3 Å². The van der Waals surface area contributed by atoms with Crippen LogP contribution in [0, 0.1) is 6.92 Å². The van der Waals surface area contributed by atoms with Gasteiger partial charge in [0, 0.05) is 23.9 Å². The maximum atomic E-state index is 6.17. The minimum Gasteiger partial charge on any atom is -0.329 e. The second-order valence-electron chi connectivity index (χ2n) is 5.71. The van der Waals surface area contributed by atoms with Crippen molar-refractivity contribution in [3.05, 3.63) is 35.4 Å². The van der Waals surface area contributed by atoms with Gasteiger partial charge in [0.15, 0.2) is 0 Å². The summed E-state index contributed by atoms with van der Waals surface area (Å²) in [6.07, 6.45) is 2.50. The maximum Gasteiger partial charge on any atom is 0.0448 e. The smallest absolute Gasteiger partial charge is 0.0448 e. The molecule has 2 N–H and O–H groups in total. The Bertz CT molecular complexity index is 421. The Morgan fingerprint density at radius 2 is 2.16 bits per heavy atom. The number of nitrogens with two attached hydrogens (primary N) is 1. The van der Waals surface area contributed by atoms with Crippen LogP contribution in [0.5, 0.6) is 0 Å². The van der Waals surface area contributed by atoms with Gasteiger partial charge in [-0.25, -0.2) is 0 Å². The third-order valence-corrected chi connectivity index (χ3v) is 6.12. The Labute approximate surface area is 121 Å². The Kier molecular flexibility index (Phi) is 4.93. The predicted molar refractivity (Wildman–Crippen MR) is 85.6 cm³/mol. The fraction of sp³-hybridized carbons (Fsp3) is 0.625. The van der Waals surface area contributed by atoms with Gasteiger partial charge in [-0.3, -0.25) is 4.90 Å². The van der Waals surface area contributed by atoms with E-state index in [1.807, 2.05) is 0 Å². The Morgan fingerprint density at radius 3 is 2.79 bits per heavy atom. The fourth-order valence-electron chi connectivity index (χ4n) is 3.12. The quantitative estimate of drug-likeness (QED) is 0.918. The summed E-state index contributed by atoms with van der Waals surface area (Å²) in [5.74, 6) is 1.28. The summed E-state index contributed by atoms with van der Waals surface area (Å²) >= 11 is 2.07. The zero-order valence-corrected chi connectivity index (χ0v) is 13.2. The summed E-state index contributed by atoms with van der Waals surface area (Å²) in [6, 6.07) is 8.66. The van der Waals surface area contributed by atoms with Crippen molar-refractivity contribution < 1.29 is 0 Å². The van der Waals surface area contributed by atoms with Crippen molar-refractivity contribution in [2.45, 2.75) is 44.0 Å². The molecule has 1 aromatic carbocycles. The highest BCUT2D eigenvalue weighted by molar-refractivity contribution is 8.00. The molecule has 1 saturated heterocycles. The van der Waals surface area contributed by atoms with Crippen LogP contribution >= 0.6 is 11.8 Å². The third-order valence-electron chi connectivity index (χ3n) is 4.66. The average Bonchev–Trinajstić information content (AvgIpc) is 2.42. The summed E-state index contributed by atoms with van der Waals surface area (Å²) in [5, 5.41) is 0.611. The Balaban J connectivity index is 2.17. The lowest BCUT2D eigenvalue weighted by Gasteiger charge is -2.48. The van der Waals surface area contributed by atoms with Crippen molar-refractivity contribution in [2.75, 3.05) is 19.3 Å². The van der Waals surface area contributed by atoms with E-state index in [0.717, 1.165) is 13.1 Å². The number of hydrogen-bond acceptors (Lipinski definition) is 3. The molecule has 0 bridgehead atoms. The minimum atomic E-state index is 0.158. The standard InChI is InChI=1S/C16H26N2S/c1-13-7-4-5-8-15(13)11-18(3)16(12-17)9-6-10-19-14(16)2/h4-5,7-8,14H,6,9-12,17H2,1-3H3. The van der Waals surface area contributed by atoms with E-state index in [4.69, 9.17) is 5.73 Å². The first-order valence-corrected chi connectivity index (χ1v) is 8.22. The fourth-order valence-corrected chi connectivity index (χ4v) is 4.49. The van der Waals surface area contributed by atoms with E-state index in [9.17, 15) is 0 Å². The van der Waals surface area contributed by atoms with Crippen molar-refractivity contribution in [3.8, 4) is 0 Å². The average molecular weight is 278 g/mol. The first kappa shape index (κ1) is 14.9. The summed E-state index contributed by atoms with van der Waals surface area (Å²) in [6.45, 7) is 6.28. The first-order chi connectivity index (χ1) is 9.10. The van der Waals surface area contributed by atoms with Crippen LogP contribution in [-0.4, -0.2) is 35.0 Å². The second-order valence-corrected chi connectivity index (χ2v) is 7.16. The molecule has 0 aliphatic carbocycles. The second kappa shape index (κ2) is 6.29. The van der Waals surface area contributed by atoms with Gasteiger partial charge in [0.2, 0.25) is 0 Å². The molecule has 2 rings (SSSR count). The van der Waals surface area contributed by atoms with E-state index in [-0.39, 0.29) is 5.54 Å². The van der Waals surface area contributed by atoms with Crippen LogP contribution in [0.2, 0.25) is 0 Å². The van der Waals surface area contributed by atoms with Crippen LogP contribution in [0.25, 0.3) is 0 Å². The molecule has 1 aliphatic rings. The molecule has 19 heavy (non-hydrogen) atoms. The van der Waals surface area contributed by atoms with E-state index in [1.165, 1.54) is 29.7 Å². The lowest BCUT2D eigenvalue weighted by atomic mass is 9.87. The summed E-state index contributed by atoms with van der Waals surface area (Å²) < 4.78 is 0. The molecule has 0 aromatic heterocycles. The van der Waals surface area contributed by atoms with Gasteiger partial charge in [0.1, 0.15) is 0 Å². The van der Waals surface area contributed by atoms with Gasteiger partial charge >= 0.3 is 0 Å². The molecular weight excluding hydrogens is 252 g/mol. The lowest BCUT2D eigenvalue weighted by Crippen LogP contribution is -2.59. The molecule has 0 radical (unpaired) electrons. The molecule has 1 aliphatic heterocycles. The van der Waals surface area contributed by atoms with Crippen LogP contribution < -0.4 is 5.73 Å². The Hall–Kier alpha value is -0.510. The summed E-state index contributed by atoms with van der Waals surface area (Å²) in [5.41, 5.74) is 9.11. The molecular formula is C16H26N2S. The molecule has 1 aromatic rings. The van der Waals surface area contributed by atoms with E-state index in [1.54, 1.807) is 0 Å². The maximum absolute atomic E-state index is 6.17. The van der Waals surface area contributed by atoms with Gasteiger partial charge in [0.25, 0.3) is 0 Å². The number of aryl methyl sites for hydroxylation is 1. The number of hydrogen-bond donors (Lipinski definition) is 1. The van der Waals surface area contributed by atoms with Gasteiger partial charge in [-0.05, 0) is 43.7 Å². The van der Waals surface area contributed by atoms with E-state index < -0.39 is 0 Å². The van der Waals surface area contributed by atoms with E-state index >= 15 is 0 Å². The normalized spacial score (nSPS) is 27.7. The zero-order valence-electron chi connectivity index (χ0n) is 12.4. The largest absolute Gasteiger partial charge is 0.329 e. The van der Waals surface area contributed by atoms with Crippen molar-refractivity contribution in [2.24, 2.45) is 5.73 Å². The van der Waals surface area contributed by atoms with E-state index in [2.05, 4.69) is 61.8 Å². The molecule has 2 atom stereocenters. The summed E-state index contributed by atoms with van der Waals surface area (Å²) in [4.78, 5) is 2.49. The molecule has 3 heteroatoms. The molecule has 1 heterocycles. The van der Waals surface area contributed by atoms with Gasteiger partial charge < -0.3 is 5.73 Å². The highest BCUT2D eigenvalue weighted by atomic mass is 32.2. The highest BCUT2D eigenvalue weighted by Crippen LogP contribution is 2.38. The van der Waals surface area contributed by atoms with Crippen LogP contribution in [-0.2, 0) is 6.54 Å². The molecule has 0 spiro atoms. The van der Waals surface area contributed by atoms with Crippen LogP contribution in [0.15, 0.2) is 24.3 Å². The monoisotopic (exact) mass is 278 g/mol. The molecule has 0 saturated carbocycles. The lowest BCUT2D eigenvalue weighted by molar-refractivity contribution is 0.104. The van der Waals surface area contributed by atoms with Gasteiger partial charge in [-0.2, -0.15) is 11.8 Å². The number of nitrogens with zero attached hydrogens (tertiary/aromatic N) is 1. The number of benzene rings is 1. The molecule has 1 fully saturated rings. The van der Waals surface area contributed by atoms with Crippen molar-refractivity contribution in [1.82, 2.24) is 4.90 Å². The SMILES string of the molecule is Cc1ccccc1CN(C)C1(CN)CCCSC1C. The van der Waals surface area contributed by atoms with Crippen molar-refractivity contribution in [1.29, 1.82) is 0 Å². The molecule has 2 nitrogen and oxygen atoms in total. The van der Waals surface area contributed by atoms with Gasteiger partial charge in [-0.15, -0.1) is 0 Å². The predicted octanol–water partition coefficient (Wildman–Crippen LogP) is 3.04. The highest BCUT2D eigenvalue weighted by Gasteiger charge is 2.40. The zero-order chi connectivity index (χ0) is 13.9. The molecule has 2 unspecified atom stereocenters. The van der Waals surface area contributed by atoms with Crippen molar-refractivity contribution in [3.63, 3.8) is 0 Å². The summed E-state index contributed by atoms with van der Waals surface area (Å²) in [7, 11) is 2.24. The molecule has 0 amide bonds. The third kappa shape index (κ3) is 2.99. The minimum absolute atomic E-state index is 0.158. The van der Waals surface area contributed by atoms with Crippen LogP contribution in [0.1, 0.15) is 30.9 Å².